The summed E-state index contributed by atoms with van der Waals surface area (Å²) >= 11 is 5.93. The SMILES string of the molecule is Cc1cc(Cl)ccc1Oc1c(C)cccc1/C(N)=N/O. The van der Waals surface area contributed by atoms with Gasteiger partial charge in [-0.2, -0.15) is 0 Å². The van der Waals surface area contributed by atoms with Gasteiger partial charge < -0.3 is 15.7 Å². The summed E-state index contributed by atoms with van der Waals surface area (Å²) in [6.07, 6.45) is 0. The molecule has 3 N–H and O–H groups in total. The quantitative estimate of drug-likeness (QED) is 0.390. The van der Waals surface area contributed by atoms with Crippen LogP contribution in [0.15, 0.2) is 41.6 Å². The van der Waals surface area contributed by atoms with Crippen LogP contribution in [-0.2, 0) is 0 Å². The first-order chi connectivity index (χ1) is 9.52. The Morgan fingerprint density at radius 1 is 1.20 bits per heavy atom. The van der Waals surface area contributed by atoms with Gasteiger partial charge in [-0.05, 0) is 49.2 Å². The maximum Gasteiger partial charge on any atom is 0.173 e. The van der Waals surface area contributed by atoms with E-state index in [0.717, 1.165) is 11.1 Å². The van der Waals surface area contributed by atoms with Gasteiger partial charge in [0, 0.05) is 5.02 Å². The Balaban J connectivity index is 2.48. The number of ether oxygens (including phenoxy) is 1. The Labute approximate surface area is 122 Å². The van der Waals surface area contributed by atoms with Gasteiger partial charge in [-0.25, -0.2) is 0 Å². The standard InChI is InChI=1S/C15H15ClN2O2/c1-9-4-3-5-12(15(17)18-19)14(9)20-13-7-6-11(16)8-10(13)2/h3-8,19H,1-2H3,(H2,17,18). The Bertz CT molecular complexity index is 669. The average molecular weight is 291 g/mol. The first-order valence-electron chi connectivity index (χ1n) is 6.04. The monoisotopic (exact) mass is 290 g/mol. The van der Waals surface area contributed by atoms with E-state index >= 15 is 0 Å². The van der Waals surface area contributed by atoms with E-state index in [1.54, 1.807) is 18.2 Å². The molecule has 0 spiro atoms. The van der Waals surface area contributed by atoms with Crippen LogP contribution < -0.4 is 10.5 Å². The number of halogens is 1. The van der Waals surface area contributed by atoms with Gasteiger partial charge in [-0.1, -0.05) is 28.9 Å². The minimum Gasteiger partial charge on any atom is -0.456 e. The second kappa shape index (κ2) is 5.84. The highest BCUT2D eigenvalue weighted by molar-refractivity contribution is 6.30. The number of aryl methyl sites for hydroxylation is 2. The van der Waals surface area contributed by atoms with Gasteiger partial charge in [0.1, 0.15) is 11.5 Å². The molecule has 0 heterocycles. The summed E-state index contributed by atoms with van der Waals surface area (Å²) in [5.41, 5.74) is 8.02. The predicted molar refractivity (Wildman–Crippen MR) is 80.0 cm³/mol. The highest BCUT2D eigenvalue weighted by Gasteiger charge is 2.13. The van der Waals surface area contributed by atoms with Gasteiger partial charge in [-0.3, -0.25) is 0 Å². The lowest BCUT2D eigenvalue weighted by Crippen LogP contribution is -2.14. The van der Waals surface area contributed by atoms with E-state index in [-0.39, 0.29) is 5.84 Å². The lowest BCUT2D eigenvalue weighted by Gasteiger charge is -2.14. The van der Waals surface area contributed by atoms with Gasteiger partial charge >= 0.3 is 0 Å². The van der Waals surface area contributed by atoms with Crippen molar-refractivity contribution in [2.24, 2.45) is 10.9 Å². The van der Waals surface area contributed by atoms with E-state index in [0.29, 0.717) is 22.1 Å². The number of hydrogen-bond donors (Lipinski definition) is 2. The number of nitrogens with zero attached hydrogens (tertiary/aromatic N) is 1. The van der Waals surface area contributed by atoms with Gasteiger partial charge in [0.2, 0.25) is 0 Å². The molecule has 20 heavy (non-hydrogen) atoms. The molecule has 5 heteroatoms. The minimum atomic E-state index is 0.00955. The predicted octanol–water partition coefficient (Wildman–Crippen LogP) is 3.84. The van der Waals surface area contributed by atoms with Gasteiger partial charge in [0.15, 0.2) is 5.84 Å². The average Bonchev–Trinajstić information content (AvgIpc) is 2.42. The van der Waals surface area contributed by atoms with Crippen molar-refractivity contribution < 1.29 is 9.94 Å². The summed E-state index contributed by atoms with van der Waals surface area (Å²) in [4.78, 5) is 0. The lowest BCUT2D eigenvalue weighted by molar-refractivity contribution is 0.318. The number of nitrogens with two attached hydrogens (primary N) is 1. The number of hydrogen-bond acceptors (Lipinski definition) is 3. The van der Waals surface area contributed by atoms with E-state index < -0.39 is 0 Å². The van der Waals surface area contributed by atoms with Crippen LogP contribution >= 0.6 is 11.6 Å². The van der Waals surface area contributed by atoms with Crippen LogP contribution in [0.5, 0.6) is 11.5 Å². The third-order valence-corrected chi connectivity index (χ3v) is 3.18. The third-order valence-electron chi connectivity index (χ3n) is 2.94. The van der Waals surface area contributed by atoms with E-state index in [2.05, 4.69) is 5.16 Å². The molecular weight excluding hydrogens is 276 g/mol. The van der Waals surface area contributed by atoms with Crippen molar-refractivity contribution in [1.82, 2.24) is 0 Å². The Hall–Kier alpha value is -2.20. The molecule has 0 aliphatic rings. The molecule has 0 fully saturated rings. The molecule has 0 radical (unpaired) electrons. The highest BCUT2D eigenvalue weighted by Crippen LogP contribution is 2.32. The number of benzene rings is 2. The van der Waals surface area contributed by atoms with Crippen LogP contribution in [0.2, 0.25) is 5.02 Å². The molecular formula is C15H15ClN2O2. The molecule has 0 unspecified atom stereocenters. The molecule has 2 aromatic carbocycles. The molecule has 2 rings (SSSR count). The van der Waals surface area contributed by atoms with Crippen LogP contribution in [-0.4, -0.2) is 11.0 Å². The summed E-state index contributed by atoms with van der Waals surface area (Å²) in [6.45, 7) is 3.80. The summed E-state index contributed by atoms with van der Waals surface area (Å²) < 4.78 is 5.92. The van der Waals surface area contributed by atoms with Crippen molar-refractivity contribution in [3.63, 3.8) is 0 Å². The van der Waals surface area contributed by atoms with Gasteiger partial charge in [0.05, 0.1) is 5.56 Å². The van der Waals surface area contributed by atoms with Gasteiger partial charge in [-0.15, -0.1) is 0 Å². The number of amidine groups is 1. The zero-order valence-electron chi connectivity index (χ0n) is 11.2. The fourth-order valence-electron chi connectivity index (χ4n) is 1.88. The normalized spacial score (nSPS) is 11.4. The van der Waals surface area contributed by atoms with Crippen LogP contribution in [0.25, 0.3) is 0 Å². The highest BCUT2D eigenvalue weighted by atomic mass is 35.5. The summed E-state index contributed by atoms with van der Waals surface area (Å²) in [6, 6.07) is 10.8. The van der Waals surface area contributed by atoms with Crippen LogP contribution in [0.4, 0.5) is 0 Å². The summed E-state index contributed by atoms with van der Waals surface area (Å²) in [5, 5.41) is 12.5. The zero-order valence-corrected chi connectivity index (χ0v) is 12.0. The topological polar surface area (TPSA) is 67.8 Å². The maximum atomic E-state index is 8.85. The number of para-hydroxylation sites is 1. The van der Waals surface area contributed by atoms with Crippen molar-refractivity contribution in [3.8, 4) is 11.5 Å². The maximum absolute atomic E-state index is 8.85. The fraction of sp³-hybridized carbons (Fsp3) is 0.133. The smallest absolute Gasteiger partial charge is 0.173 e. The van der Waals surface area contributed by atoms with Crippen LogP contribution in [0.1, 0.15) is 16.7 Å². The number of rotatable bonds is 3. The lowest BCUT2D eigenvalue weighted by atomic mass is 10.1. The van der Waals surface area contributed by atoms with E-state index in [4.69, 9.17) is 27.3 Å². The Morgan fingerprint density at radius 3 is 2.60 bits per heavy atom. The summed E-state index contributed by atoms with van der Waals surface area (Å²) in [7, 11) is 0. The molecule has 2 aromatic rings. The molecule has 0 aromatic heterocycles. The second-order valence-electron chi connectivity index (χ2n) is 4.45. The summed E-state index contributed by atoms with van der Waals surface area (Å²) in [5.74, 6) is 1.25. The molecule has 0 aliphatic heterocycles. The van der Waals surface area contributed by atoms with Crippen molar-refractivity contribution in [1.29, 1.82) is 0 Å². The third kappa shape index (κ3) is 2.86. The molecule has 0 amide bonds. The fourth-order valence-corrected chi connectivity index (χ4v) is 2.11. The zero-order chi connectivity index (χ0) is 14.7. The molecule has 0 atom stereocenters. The van der Waals surface area contributed by atoms with Crippen LogP contribution in [0, 0.1) is 13.8 Å². The minimum absolute atomic E-state index is 0.00955. The molecule has 0 saturated heterocycles. The number of oxime groups is 1. The van der Waals surface area contributed by atoms with E-state index in [9.17, 15) is 0 Å². The van der Waals surface area contributed by atoms with Crippen molar-refractivity contribution in [3.05, 3.63) is 58.1 Å². The first kappa shape index (κ1) is 14.2. The molecule has 4 nitrogen and oxygen atoms in total. The van der Waals surface area contributed by atoms with Crippen LogP contribution in [0.3, 0.4) is 0 Å². The van der Waals surface area contributed by atoms with Crippen molar-refractivity contribution in [2.75, 3.05) is 0 Å². The Morgan fingerprint density at radius 2 is 1.95 bits per heavy atom. The largest absolute Gasteiger partial charge is 0.456 e. The molecule has 0 saturated carbocycles. The molecule has 104 valence electrons. The van der Waals surface area contributed by atoms with Crippen molar-refractivity contribution >= 4 is 17.4 Å². The van der Waals surface area contributed by atoms with E-state index in [1.807, 2.05) is 32.0 Å². The van der Waals surface area contributed by atoms with E-state index in [1.165, 1.54) is 0 Å². The molecule has 0 aliphatic carbocycles. The van der Waals surface area contributed by atoms with Gasteiger partial charge in [0.25, 0.3) is 0 Å². The van der Waals surface area contributed by atoms with Crippen molar-refractivity contribution in [2.45, 2.75) is 13.8 Å². The molecule has 0 bridgehead atoms. The Kier molecular flexibility index (Phi) is 4.15. The second-order valence-corrected chi connectivity index (χ2v) is 4.89. The first-order valence-corrected chi connectivity index (χ1v) is 6.42.